The fraction of sp³-hybridized carbons (Fsp3) is 0.824. The van der Waals surface area contributed by atoms with Gasteiger partial charge in [0.15, 0.2) is 0 Å². The van der Waals surface area contributed by atoms with Gasteiger partial charge in [-0.1, -0.05) is 26.7 Å². The van der Waals surface area contributed by atoms with Crippen LogP contribution < -0.4 is 5.32 Å². The predicted octanol–water partition coefficient (Wildman–Crippen LogP) is 4.18. The van der Waals surface area contributed by atoms with Gasteiger partial charge in [0.1, 0.15) is 0 Å². The molecule has 0 radical (unpaired) electrons. The number of aryl methyl sites for hydroxylation is 2. The summed E-state index contributed by atoms with van der Waals surface area (Å²) in [6.45, 7) is 7.71. The van der Waals surface area contributed by atoms with Crippen molar-refractivity contribution in [3.05, 3.63) is 15.9 Å². The number of hydrogen-bond donors (Lipinski definition) is 1. The van der Waals surface area contributed by atoms with E-state index in [9.17, 15) is 0 Å². The van der Waals surface area contributed by atoms with Crippen LogP contribution in [0.25, 0.3) is 0 Å². The van der Waals surface area contributed by atoms with Gasteiger partial charge in [-0.05, 0) is 61.0 Å². The third-order valence-electron chi connectivity index (χ3n) is 5.02. The second-order valence-electron chi connectivity index (χ2n) is 6.51. The van der Waals surface area contributed by atoms with E-state index in [1.807, 2.05) is 0 Å². The number of likely N-dealkylation sites (N-methyl/N-ethyl adjacent to an activating group) is 1. The molecule has 1 N–H and O–H groups in total. The summed E-state index contributed by atoms with van der Waals surface area (Å²) < 4.78 is 3.41. The minimum absolute atomic E-state index is 0.566. The van der Waals surface area contributed by atoms with Gasteiger partial charge >= 0.3 is 0 Å². The van der Waals surface area contributed by atoms with Gasteiger partial charge in [-0.15, -0.1) is 0 Å². The Morgan fingerprint density at radius 1 is 1.38 bits per heavy atom. The molecule has 1 fully saturated rings. The monoisotopic (exact) mass is 355 g/mol. The van der Waals surface area contributed by atoms with E-state index in [2.05, 4.69) is 53.7 Å². The Hall–Kier alpha value is -0.350. The Morgan fingerprint density at radius 2 is 2.14 bits per heavy atom. The van der Waals surface area contributed by atoms with E-state index in [0.717, 1.165) is 31.2 Å². The fourth-order valence-corrected chi connectivity index (χ4v) is 4.50. The minimum atomic E-state index is 0.566. The van der Waals surface area contributed by atoms with Gasteiger partial charge in [-0.3, -0.25) is 4.68 Å². The largest absolute Gasteiger partial charge is 0.316 e. The molecule has 3 unspecified atom stereocenters. The first-order valence-corrected chi connectivity index (χ1v) is 9.31. The van der Waals surface area contributed by atoms with Crippen LogP contribution in [0.2, 0.25) is 0 Å². The number of hydrogen-bond acceptors (Lipinski definition) is 2. The van der Waals surface area contributed by atoms with E-state index in [4.69, 9.17) is 5.10 Å². The van der Waals surface area contributed by atoms with Crippen LogP contribution >= 0.6 is 15.9 Å². The van der Waals surface area contributed by atoms with Crippen LogP contribution in [0.1, 0.15) is 57.8 Å². The summed E-state index contributed by atoms with van der Waals surface area (Å²) in [5, 5.41) is 8.32. The quantitative estimate of drug-likeness (QED) is 0.829. The van der Waals surface area contributed by atoms with E-state index in [1.54, 1.807) is 0 Å². The van der Waals surface area contributed by atoms with E-state index in [-0.39, 0.29) is 0 Å². The highest BCUT2D eigenvalue weighted by molar-refractivity contribution is 9.10. The first-order valence-electron chi connectivity index (χ1n) is 8.51. The predicted molar refractivity (Wildman–Crippen MR) is 92.7 cm³/mol. The Morgan fingerprint density at radius 3 is 2.71 bits per heavy atom. The van der Waals surface area contributed by atoms with Crippen molar-refractivity contribution in [3.8, 4) is 0 Å². The van der Waals surface area contributed by atoms with Crippen LogP contribution in [0, 0.1) is 11.8 Å². The molecule has 1 aliphatic rings. The van der Waals surface area contributed by atoms with Crippen molar-refractivity contribution in [2.75, 3.05) is 7.05 Å². The first kappa shape index (κ1) is 17.0. The number of aromatic nitrogens is 2. The van der Waals surface area contributed by atoms with Crippen molar-refractivity contribution in [3.63, 3.8) is 0 Å². The normalized spacial score (nSPS) is 24.2. The van der Waals surface area contributed by atoms with Crippen LogP contribution in [0.5, 0.6) is 0 Å². The minimum Gasteiger partial charge on any atom is -0.316 e. The van der Waals surface area contributed by atoms with Crippen molar-refractivity contribution in [1.82, 2.24) is 15.1 Å². The lowest BCUT2D eigenvalue weighted by Gasteiger charge is -2.33. The molecule has 1 heterocycles. The first-order chi connectivity index (χ1) is 10.1. The molecule has 0 aromatic carbocycles. The molecule has 120 valence electrons. The van der Waals surface area contributed by atoms with Gasteiger partial charge in [-0.2, -0.15) is 5.10 Å². The molecule has 21 heavy (non-hydrogen) atoms. The van der Waals surface area contributed by atoms with Crippen molar-refractivity contribution < 1.29 is 0 Å². The summed E-state index contributed by atoms with van der Waals surface area (Å²) in [4.78, 5) is 0. The lowest BCUT2D eigenvalue weighted by molar-refractivity contribution is 0.225. The van der Waals surface area contributed by atoms with Gasteiger partial charge in [0.05, 0.1) is 15.9 Å². The molecule has 4 heteroatoms. The van der Waals surface area contributed by atoms with Gasteiger partial charge in [0.25, 0.3) is 0 Å². The molecule has 2 rings (SSSR count). The van der Waals surface area contributed by atoms with E-state index in [1.165, 1.54) is 41.5 Å². The molecule has 0 amide bonds. The van der Waals surface area contributed by atoms with Crippen LogP contribution in [-0.2, 0) is 19.4 Å². The molecule has 1 saturated carbocycles. The smallest absolute Gasteiger partial charge is 0.0766 e. The maximum atomic E-state index is 4.74. The molecular weight excluding hydrogens is 326 g/mol. The zero-order valence-corrected chi connectivity index (χ0v) is 15.5. The van der Waals surface area contributed by atoms with Gasteiger partial charge < -0.3 is 5.32 Å². The molecule has 1 aromatic heterocycles. The average Bonchev–Trinajstić information content (AvgIpc) is 2.80. The highest BCUT2D eigenvalue weighted by Crippen LogP contribution is 2.33. The summed E-state index contributed by atoms with van der Waals surface area (Å²) in [7, 11) is 2.12. The molecule has 0 saturated heterocycles. The second-order valence-corrected chi connectivity index (χ2v) is 7.30. The Bertz CT molecular complexity index is 455. The van der Waals surface area contributed by atoms with E-state index in [0.29, 0.717) is 6.04 Å². The molecule has 0 aliphatic heterocycles. The van der Waals surface area contributed by atoms with Gasteiger partial charge in [0.2, 0.25) is 0 Å². The van der Waals surface area contributed by atoms with Crippen LogP contribution in [0.3, 0.4) is 0 Å². The molecular formula is C17H30BrN3. The zero-order valence-electron chi connectivity index (χ0n) is 14.0. The maximum Gasteiger partial charge on any atom is 0.0766 e. The van der Waals surface area contributed by atoms with Crippen molar-refractivity contribution >= 4 is 15.9 Å². The molecule has 0 spiro atoms. The molecule has 1 aliphatic carbocycles. The summed E-state index contributed by atoms with van der Waals surface area (Å²) in [6.07, 6.45) is 7.60. The number of nitrogens with zero attached hydrogens (tertiary/aromatic N) is 2. The van der Waals surface area contributed by atoms with E-state index < -0.39 is 0 Å². The maximum absolute atomic E-state index is 4.74. The molecule has 0 bridgehead atoms. The van der Waals surface area contributed by atoms with Crippen LogP contribution in [-0.4, -0.2) is 22.9 Å². The van der Waals surface area contributed by atoms with Crippen LogP contribution in [0.15, 0.2) is 4.47 Å². The van der Waals surface area contributed by atoms with Crippen molar-refractivity contribution in [2.24, 2.45) is 11.8 Å². The standard InChI is InChI=1S/C17H30BrN3/c1-5-14-17(18)16(21(6-2)20-14)11-15(19-4)13-9-7-8-12(3)10-13/h12-13,15,19H,5-11H2,1-4H3. The summed E-state index contributed by atoms with van der Waals surface area (Å²) in [5.41, 5.74) is 2.56. The van der Waals surface area contributed by atoms with Crippen LogP contribution in [0.4, 0.5) is 0 Å². The third-order valence-corrected chi connectivity index (χ3v) is 5.94. The fourth-order valence-electron chi connectivity index (χ4n) is 3.77. The topological polar surface area (TPSA) is 29.9 Å². The number of rotatable bonds is 6. The Kier molecular flexibility index (Phi) is 6.30. The Balaban J connectivity index is 2.16. The lowest BCUT2D eigenvalue weighted by Crippen LogP contribution is -2.38. The van der Waals surface area contributed by atoms with Gasteiger partial charge in [-0.25, -0.2) is 0 Å². The van der Waals surface area contributed by atoms with Gasteiger partial charge in [0, 0.05) is 19.0 Å². The SMILES string of the molecule is CCc1nn(CC)c(CC(NC)C2CCCC(C)C2)c1Br. The summed E-state index contributed by atoms with van der Waals surface area (Å²) in [6, 6.07) is 0.566. The third kappa shape index (κ3) is 3.89. The zero-order chi connectivity index (χ0) is 15.4. The van der Waals surface area contributed by atoms with Crippen molar-refractivity contribution in [2.45, 2.75) is 71.9 Å². The molecule has 1 aromatic rings. The number of halogens is 1. The summed E-state index contributed by atoms with van der Waals surface area (Å²) in [5.74, 6) is 1.68. The average molecular weight is 356 g/mol. The lowest BCUT2D eigenvalue weighted by atomic mass is 9.77. The highest BCUT2D eigenvalue weighted by Gasteiger charge is 2.28. The Labute approximate surface area is 138 Å². The van der Waals surface area contributed by atoms with E-state index >= 15 is 0 Å². The summed E-state index contributed by atoms with van der Waals surface area (Å²) >= 11 is 3.79. The second kappa shape index (κ2) is 7.77. The number of nitrogens with one attached hydrogen (secondary N) is 1. The molecule has 3 nitrogen and oxygen atoms in total. The van der Waals surface area contributed by atoms with Crippen molar-refractivity contribution in [1.29, 1.82) is 0 Å². The highest BCUT2D eigenvalue weighted by atomic mass is 79.9. The molecule has 3 atom stereocenters.